The van der Waals surface area contributed by atoms with Crippen LogP contribution in [-0.4, -0.2) is 81.2 Å². The van der Waals surface area contributed by atoms with Crippen molar-refractivity contribution < 1.29 is 44.1 Å². The van der Waals surface area contributed by atoms with Gasteiger partial charge in [-0.1, -0.05) is 0 Å². The van der Waals surface area contributed by atoms with E-state index in [1.807, 2.05) is 10.6 Å². The smallest absolute Gasteiger partial charge is 0.325 e. The Bertz CT molecular complexity index is 667. The number of aliphatic hydroxyl groups is 1. The molecule has 10 N–H and O–H groups in total. The molecular weight excluding hydrogens is 394 g/mol. The second-order valence-corrected chi connectivity index (χ2v) is 6.23. The molecule has 0 radical (unpaired) electrons. The first kappa shape index (κ1) is 25.7. The SMILES string of the molecule is CC(NC(=O)C(CC(=O)O)NC(=O)C(NC(=O)C(N)CC(N)=O)C(C)O)C(=O)O. The molecule has 0 saturated heterocycles. The van der Waals surface area contributed by atoms with E-state index in [0.29, 0.717) is 0 Å². The van der Waals surface area contributed by atoms with Crippen molar-refractivity contribution in [3.05, 3.63) is 0 Å². The Morgan fingerprint density at radius 2 is 1.41 bits per heavy atom. The highest BCUT2D eigenvalue weighted by Gasteiger charge is 2.33. The molecule has 0 heterocycles. The van der Waals surface area contributed by atoms with Crippen molar-refractivity contribution in [1.29, 1.82) is 0 Å². The van der Waals surface area contributed by atoms with E-state index in [1.165, 1.54) is 0 Å². The summed E-state index contributed by atoms with van der Waals surface area (Å²) in [6.45, 7) is 2.25. The van der Waals surface area contributed by atoms with Gasteiger partial charge in [0.2, 0.25) is 23.6 Å². The molecule has 0 aromatic heterocycles. The number of aliphatic carboxylic acids is 2. The Balaban J connectivity index is 5.31. The van der Waals surface area contributed by atoms with E-state index in [9.17, 15) is 33.9 Å². The van der Waals surface area contributed by atoms with Gasteiger partial charge in [-0.25, -0.2) is 0 Å². The molecule has 4 amide bonds. The third-order valence-electron chi connectivity index (χ3n) is 3.56. The van der Waals surface area contributed by atoms with Crippen LogP contribution in [0.4, 0.5) is 0 Å². The summed E-state index contributed by atoms with van der Waals surface area (Å²) in [7, 11) is 0. The molecule has 5 atom stereocenters. The molecule has 5 unspecified atom stereocenters. The zero-order valence-electron chi connectivity index (χ0n) is 15.7. The number of aliphatic hydroxyl groups excluding tert-OH is 1. The van der Waals surface area contributed by atoms with Crippen LogP contribution in [0.25, 0.3) is 0 Å². The Labute approximate surface area is 165 Å². The number of rotatable bonds is 12. The van der Waals surface area contributed by atoms with E-state index in [1.54, 1.807) is 0 Å². The molecule has 0 fully saturated rings. The molecule has 29 heavy (non-hydrogen) atoms. The number of hydrogen-bond acceptors (Lipinski definition) is 8. The van der Waals surface area contributed by atoms with Gasteiger partial charge < -0.3 is 42.7 Å². The minimum absolute atomic E-state index is 0.531. The fourth-order valence-electron chi connectivity index (χ4n) is 2.00. The number of carbonyl (C=O) groups is 6. The molecule has 0 rings (SSSR count). The number of carbonyl (C=O) groups excluding carboxylic acids is 4. The van der Waals surface area contributed by atoms with Gasteiger partial charge in [0.05, 0.1) is 25.0 Å². The molecule has 0 aromatic carbocycles. The van der Waals surface area contributed by atoms with E-state index in [4.69, 9.17) is 21.7 Å². The molecule has 0 aliphatic carbocycles. The summed E-state index contributed by atoms with van der Waals surface area (Å²) in [4.78, 5) is 69.0. The molecule has 0 aromatic rings. The molecule has 14 nitrogen and oxygen atoms in total. The van der Waals surface area contributed by atoms with Crippen molar-refractivity contribution in [1.82, 2.24) is 16.0 Å². The van der Waals surface area contributed by atoms with Crippen molar-refractivity contribution in [3.63, 3.8) is 0 Å². The Morgan fingerprint density at radius 3 is 1.83 bits per heavy atom. The molecular formula is C15H25N5O9. The van der Waals surface area contributed by atoms with E-state index >= 15 is 0 Å². The molecule has 14 heteroatoms. The second kappa shape index (κ2) is 11.6. The van der Waals surface area contributed by atoms with Gasteiger partial charge in [-0.05, 0) is 13.8 Å². The number of amides is 4. The number of carboxylic acid groups (broad SMARTS) is 2. The van der Waals surface area contributed by atoms with E-state index < -0.39 is 78.7 Å². The first-order valence-electron chi connectivity index (χ1n) is 8.33. The van der Waals surface area contributed by atoms with Crippen molar-refractivity contribution in [2.24, 2.45) is 11.5 Å². The summed E-state index contributed by atoms with van der Waals surface area (Å²) in [5, 5.41) is 33.6. The lowest BCUT2D eigenvalue weighted by Gasteiger charge is -2.25. The van der Waals surface area contributed by atoms with Crippen LogP contribution in [0.1, 0.15) is 26.7 Å². The summed E-state index contributed by atoms with van der Waals surface area (Å²) in [6, 6.07) is -6.12. The van der Waals surface area contributed by atoms with Gasteiger partial charge in [-0.2, -0.15) is 0 Å². The van der Waals surface area contributed by atoms with Crippen LogP contribution in [0.5, 0.6) is 0 Å². The van der Waals surface area contributed by atoms with Crippen LogP contribution in [0, 0.1) is 0 Å². The lowest BCUT2D eigenvalue weighted by Crippen LogP contribution is -2.60. The maximum atomic E-state index is 12.4. The normalized spacial score (nSPS) is 15.7. The van der Waals surface area contributed by atoms with E-state index in [2.05, 4.69) is 5.32 Å². The lowest BCUT2D eigenvalue weighted by molar-refractivity contribution is -0.143. The highest BCUT2D eigenvalue weighted by Crippen LogP contribution is 2.01. The molecule has 0 aliphatic rings. The number of carboxylic acids is 2. The molecule has 0 aliphatic heterocycles. The van der Waals surface area contributed by atoms with Crippen LogP contribution in [0.2, 0.25) is 0 Å². The average molecular weight is 419 g/mol. The maximum absolute atomic E-state index is 12.4. The fourth-order valence-corrected chi connectivity index (χ4v) is 2.00. The standard InChI is InChI=1S/C15H25N5O9/c1-5(15(28)29)18-13(26)8(4-10(23)24)19-14(27)11(6(2)21)20-12(25)7(16)3-9(17)22/h5-8,11,21H,3-4,16H2,1-2H3,(H2,17,22)(H,18,26)(H,19,27)(H,20,25)(H,23,24)(H,28,29). The summed E-state index contributed by atoms with van der Waals surface area (Å²) < 4.78 is 0. The van der Waals surface area contributed by atoms with Gasteiger partial charge in [0, 0.05) is 0 Å². The van der Waals surface area contributed by atoms with Crippen LogP contribution in [-0.2, 0) is 28.8 Å². The molecule has 0 saturated carbocycles. The van der Waals surface area contributed by atoms with Gasteiger partial charge in [0.1, 0.15) is 18.1 Å². The fraction of sp³-hybridized carbons (Fsp3) is 0.600. The predicted octanol–water partition coefficient (Wildman–Crippen LogP) is -4.40. The van der Waals surface area contributed by atoms with E-state index in [0.717, 1.165) is 13.8 Å². The highest BCUT2D eigenvalue weighted by molar-refractivity contribution is 5.96. The van der Waals surface area contributed by atoms with Crippen molar-refractivity contribution >= 4 is 35.6 Å². The Morgan fingerprint density at radius 1 is 0.862 bits per heavy atom. The van der Waals surface area contributed by atoms with Gasteiger partial charge in [-0.3, -0.25) is 28.8 Å². The zero-order valence-corrected chi connectivity index (χ0v) is 15.7. The summed E-state index contributed by atoms with van der Waals surface area (Å²) in [5.74, 6) is -6.98. The van der Waals surface area contributed by atoms with Crippen LogP contribution >= 0.6 is 0 Å². The van der Waals surface area contributed by atoms with Crippen LogP contribution in [0.3, 0.4) is 0 Å². The number of primary amides is 1. The van der Waals surface area contributed by atoms with Gasteiger partial charge in [0.15, 0.2) is 0 Å². The third-order valence-corrected chi connectivity index (χ3v) is 3.56. The number of hydrogen-bond donors (Lipinski definition) is 8. The summed E-state index contributed by atoms with van der Waals surface area (Å²) >= 11 is 0. The first-order valence-corrected chi connectivity index (χ1v) is 8.33. The predicted molar refractivity (Wildman–Crippen MR) is 94.8 cm³/mol. The van der Waals surface area contributed by atoms with Crippen molar-refractivity contribution in [2.45, 2.75) is 57.0 Å². The van der Waals surface area contributed by atoms with Gasteiger partial charge in [0.25, 0.3) is 0 Å². The Hall–Kier alpha value is -3.26. The monoisotopic (exact) mass is 419 g/mol. The lowest BCUT2D eigenvalue weighted by atomic mass is 10.1. The van der Waals surface area contributed by atoms with Gasteiger partial charge in [-0.15, -0.1) is 0 Å². The molecule has 0 spiro atoms. The van der Waals surface area contributed by atoms with Crippen LogP contribution in [0.15, 0.2) is 0 Å². The Kier molecular flexibility index (Phi) is 10.3. The van der Waals surface area contributed by atoms with Crippen molar-refractivity contribution in [2.75, 3.05) is 0 Å². The maximum Gasteiger partial charge on any atom is 0.325 e. The number of nitrogens with one attached hydrogen (secondary N) is 3. The highest BCUT2D eigenvalue weighted by atomic mass is 16.4. The number of nitrogens with two attached hydrogens (primary N) is 2. The quantitative estimate of drug-likeness (QED) is 0.151. The van der Waals surface area contributed by atoms with E-state index in [-0.39, 0.29) is 0 Å². The van der Waals surface area contributed by atoms with Gasteiger partial charge >= 0.3 is 11.9 Å². The average Bonchev–Trinajstić information content (AvgIpc) is 2.56. The largest absolute Gasteiger partial charge is 0.481 e. The van der Waals surface area contributed by atoms with Crippen molar-refractivity contribution in [3.8, 4) is 0 Å². The first-order chi connectivity index (χ1) is 13.3. The molecule has 0 bridgehead atoms. The zero-order chi connectivity index (χ0) is 22.9. The minimum atomic E-state index is -1.70. The topological polar surface area (TPSA) is 251 Å². The summed E-state index contributed by atoms with van der Waals surface area (Å²) in [6.07, 6.45) is -2.92. The third kappa shape index (κ3) is 9.48. The second-order valence-electron chi connectivity index (χ2n) is 6.23. The molecule has 164 valence electrons. The minimum Gasteiger partial charge on any atom is -0.481 e. The summed E-state index contributed by atoms with van der Waals surface area (Å²) in [5.41, 5.74) is 10.4. The van der Waals surface area contributed by atoms with Crippen LogP contribution < -0.4 is 27.4 Å².